The number of sulfone groups is 1. The third-order valence-electron chi connectivity index (χ3n) is 2.12. The second-order valence-electron chi connectivity index (χ2n) is 3.64. The maximum absolute atomic E-state index is 11.4. The van der Waals surface area contributed by atoms with E-state index in [1.165, 1.54) is 6.92 Å². The zero-order valence-electron chi connectivity index (χ0n) is 9.51. The van der Waals surface area contributed by atoms with Gasteiger partial charge in [0.15, 0.2) is 0 Å². The van der Waals surface area contributed by atoms with Crippen LogP contribution < -0.4 is 0 Å². The monoisotopic (exact) mass is 270 g/mol. The Balaban J connectivity index is 3.88. The average molecular weight is 270 g/mol. The molecular formula is C9H18O5S2. The molecule has 0 spiro atoms. The lowest BCUT2D eigenvalue weighted by Gasteiger charge is -2.06. The van der Waals surface area contributed by atoms with Crippen LogP contribution in [0.25, 0.3) is 0 Å². The van der Waals surface area contributed by atoms with Gasteiger partial charge in [-0.2, -0.15) is 0 Å². The van der Waals surface area contributed by atoms with E-state index < -0.39 is 32.5 Å². The van der Waals surface area contributed by atoms with Crippen LogP contribution in [0.1, 0.15) is 20.3 Å². The lowest BCUT2D eigenvalue weighted by Crippen LogP contribution is -2.20. The molecule has 0 fully saturated rings. The van der Waals surface area contributed by atoms with Crippen LogP contribution in [-0.4, -0.2) is 46.7 Å². The van der Waals surface area contributed by atoms with Gasteiger partial charge in [-0.1, -0.05) is 13.8 Å². The highest BCUT2D eigenvalue weighted by molar-refractivity contribution is 7.91. The van der Waals surface area contributed by atoms with Crippen molar-refractivity contribution in [1.29, 1.82) is 0 Å². The molecule has 2 atom stereocenters. The van der Waals surface area contributed by atoms with E-state index in [0.29, 0.717) is 6.42 Å². The summed E-state index contributed by atoms with van der Waals surface area (Å²) in [5, 5.41) is 8.59. The molecule has 2 unspecified atom stereocenters. The molecule has 7 heteroatoms. The van der Waals surface area contributed by atoms with Crippen molar-refractivity contribution in [3.63, 3.8) is 0 Å². The summed E-state index contributed by atoms with van der Waals surface area (Å²) < 4.78 is 33.6. The summed E-state index contributed by atoms with van der Waals surface area (Å²) >= 11 is 0. The Morgan fingerprint density at radius 1 is 1.44 bits per heavy atom. The van der Waals surface area contributed by atoms with Crippen molar-refractivity contribution in [1.82, 2.24) is 0 Å². The van der Waals surface area contributed by atoms with E-state index in [0.717, 1.165) is 0 Å². The summed E-state index contributed by atoms with van der Waals surface area (Å²) in [5.74, 6) is -1.18. The molecule has 0 aromatic carbocycles. The number of aliphatic carboxylic acids is 1. The van der Waals surface area contributed by atoms with E-state index in [9.17, 15) is 17.4 Å². The predicted molar refractivity (Wildman–Crippen MR) is 63.6 cm³/mol. The van der Waals surface area contributed by atoms with E-state index in [4.69, 9.17) is 5.11 Å². The van der Waals surface area contributed by atoms with Crippen molar-refractivity contribution in [2.45, 2.75) is 20.3 Å². The average Bonchev–Trinajstić information content (AvgIpc) is 2.17. The first-order valence-electron chi connectivity index (χ1n) is 5.06. The van der Waals surface area contributed by atoms with E-state index in [1.54, 1.807) is 6.92 Å². The van der Waals surface area contributed by atoms with Gasteiger partial charge in [-0.3, -0.25) is 9.00 Å². The summed E-state index contributed by atoms with van der Waals surface area (Å²) in [6.07, 6.45) is 0.328. The second-order valence-corrected chi connectivity index (χ2v) is 7.73. The first kappa shape index (κ1) is 15.6. The molecule has 0 aromatic heterocycles. The van der Waals surface area contributed by atoms with Crippen molar-refractivity contribution in [2.24, 2.45) is 5.92 Å². The third kappa shape index (κ3) is 6.95. The van der Waals surface area contributed by atoms with Crippen LogP contribution in [0.4, 0.5) is 0 Å². The number of carbonyl (C=O) groups is 1. The zero-order chi connectivity index (χ0) is 12.8. The van der Waals surface area contributed by atoms with Gasteiger partial charge >= 0.3 is 5.97 Å². The topological polar surface area (TPSA) is 88.5 Å². The van der Waals surface area contributed by atoms with E-state index in [-0.39, 0.29) is 23.0 Å². The van der Waals surface area contributed by atoms with Crippen molar-refractivity contribution >= 4 is 26.6 Å². The van der Waals surface area contributed by atoms with E-state index in [1.807, 2.05) is 0 Å². The fraction of sp³-hybridized carbons (Fsp3) is 0.889. The minimum absolute atomic E-state index is 0.0245. The second kappa shape index (κ2) is 7.01. The standard InChI is InChI=1S/C9H18O5S2/c1-3-16(13,14)6-4-5-15(12)7-8(2)9(10)11/h8H,3-7H2,1-2H3,(H,10,11). The van der Waals surface area contributed by atoms with Crippen molar-refractivity contribution in [2.75, 3.05) is 23.0 Å². The molecule has 16 heavy (non-hydrogen) atoms. The number of carboxylic acid groups (broad SMARTS) is 1. The van der Waals surface area contributed by atoms with Crippen LogP contribution in [-0.2, 0) is 25.4 Å². The number of hydrogen-bond acceptors (Lipinski definition) is 4. The van der Waals surface area contributed by atoms with E-state index in [2.05, 4.69) is 0 Å². The van der Waals surface area contributed by atoms with Gasteiger partial charge in [0.1, 0.15) is 9.84 Å². The van der Waals surface area contributed by atoms with Crippen LogP contribution >= 0.6 is 0 Å². The molecule has 0 rings (SSSR count). The molecule has 0 heterocycles. The Morgan fingerprint density at radius 2 is 2.00 bits per heavy atom. The van der Waals surface area contributed by atoms with Gasteiger partial charge in [0, 0.05) is 28.1 Å². The molecule has 0 aliphatic carbocycles. The summed E-state index contributed by atoms with van der Waals surface area (Å²) in [7, 11) is -4.26. The van der Waals surface area contributed by atoms with Crippen molar-refractivity contribution in [3.05, 3.63) is 0 Å². The highest BCUT2D eigenvalue weighted by atomic mass is 32.2. The molecule has 5 nitrogen and oxygen atoms in total. The molecule has 0 radical (unpaired) electrons. The van der Waals surface area contributed by atoms with Crippen molar-refractivity contribution < 1.29 is 22.5 Å². The summed E-state index contributed by atoms with van der Waals surface area (Å²) in [6, 6.07) is 0. The number of hydrogen-bond donors (Lipinski definition) is 1. The van der Waals surface area contributed by atoms with Gasteiger partial charge in [-0.15, -0.1) is 0 Å². The van der Waals surface area contributed by atoms with Crippen LogP contribution in [0.5, 0.6) is 0 Å². The predicted octanol–water partition coefficient (Wildman–Crippen LogP) is 0.281. The lowest BCUT2D eigenvalue weighted by molar-refractivity contribution is -0.140. The molecule has 0 amide bonds. The van der Waals surface area contributed by atoms with Crippen LogP contribution in [0, 0.1) is 5.92 Å². The molecule has 0 saturated heterocycles. The summed E-state index contributed by atoms with van der Waals surface area (Å²) in [5.41, 5.74) is 0. The molecule has 0 aromatic rings. The largest absolute Gasteiger partial charge is 0.481 e. The smallest absolute Gasteiger partial charge is 0.307 e. The summed E-state index contributed by atoms with van der Waals surface area (Å²) in [4.78, 5) is 10.5. The van der Waals surface area contributed by atoms with Gasteiger partial charge in [-0.25, -0.2) is 8.42 Å². The first-order valence-corrected chi connectivity index (χ1v) is 8.37. The van der Waals surface area contributed by atoms with Crippen LogP contribution in [0.2, 0.25) is 0 Å². The quantitative estimate of drug-likeness (QED) is 0.684. The SMILES string of the molecule is CCS(=O)(=O)CCCS(=O)CC(C)C(=O)O. The van der Waals surface area contributed by atoms with Gasteiger partial charge in [0.25, 0.3) is 0 Å². The number of rotatable bonds is 8. The Labute approximate surface area is 98.6 Å². The van der Waals surface area contributed by atoms with Gasteiger partial charge < -0.3 is 5.11 Å². The maximum atomic E-state index is 11.4. The molecule has 1 N–H and O–H groups in total. The third-order valence-corrected chi connectivity index (χ3v) is 5.53. The van der Waals surface area contributed by atoms with Gasteiger partial charge in [0.2, 0.25) is 0 Å². The molecular weight excluding hydrogens is 252 g/mol. The Morgan fingerprint density at radius 3 is 2.44 bits per heavy atom. The molecule has 0 bridgehead atoms. The normalized spacial score (nSPS) is 15.6. The van der Waals surface area contributed by atoms with Crippen molar-refractivity contribution in [3.8, 4) is 0 Å². The molecule has 0 aliphatic heterocycles. The fourth-order valence-electron chi connectivity index (χ4n) is 1.02. The molecule has 0 aliphatic rings. The fourth-order valence-corrected chi connectivity index (χ4v) is 3.41. The highest BCUT2D eigenvalue weighted by Crippen LogP contribution is 2.01. The Bertz CT molecular complexity index is 347. The van der Waals surface area contributed by atoms with Crippen LogP contribution in [0.15, 0.2) is 0 Å². The lowest BCUT2D eigenvalue weighted by atomic mass is 10.2. The summed E-state index contributed by atoms with van der Waals surface area (Å²) in [6.45, 7) is 3.06. The van der Waals surface area contributed by atoms with Crippen LogP contribution in [0.3, 0.4) is 0 Å². The van der Waals surface area contributed by atoms with E-state index >= 15 is 0 Å². The van der Waals surface area contributed by atoms with Gasteiger partial charge in [0.05, 0.1) is 11.7 Å². The Kier molecular flexibility index (Phi) is 6.82. The Hall–Kier alpha value is -0.430. The van der Waals surface area contributed by atoms with Gasteiger partial charge in [-0.05, 0) is 6.42 Å². The zero-order valence-corrected chi connectivity index (χ0v) is 11.1. The maximum Gasteiger partial charge on any atom is 0.307 e. The molecule has 0 saturated carbocycles. The minimum Gasteiger partial charge on any atom is -0.481 e. The first-order chi connectivity index (χ1) is 7.28. The number of carboxylic acids is 1. The molecule has 96 valence electrons. The highest BCUT2D eigenvalue weighted by Gasteiger charge is 2.15. The minimum atomic E-state index is -3.01.